The average Bonchev–Trinajstić information content (AvgIpc) is 2.19. The largest absolute Gasteiger partial charge is 0.396 e. The molecule has 0 aliphatic heterocycles. The van der Waals surface area contributed by atoms with Crippen molar-refractivity contribution in [3.05, 3.63) is 0 Å². The summed E-state index contributed by atoms with van der Waals surface area (Å²) >= 11 is 0. The van der Waals surface area contributed by atoms with Gasteiger partial charge in [-0.25, -0.2) is 0 Å². The zero-order chi connectivity index (χ0) is 10.8. The molecule has 0 amide bonds. The van der Waals surface area contributed by atoms with E-state index in [0.29, 0.717) is 12.5 Å². The molecular weight excluding hydrogens is 174 g/mol. The Kier molecular flexibility index (Phi) is 9.42. The molecule has 0 heterocycles. The Morgan fingerprint density at radius 3 is 2.21 bits per heavy atom. The minimum atomic E-state index is 0.344. The Bertz CT molecular complexity index is 113. The van der Waals surface area contributed by atoms with Crippen LogP contribution in [-0.2, 0) is 0 Å². The second-order valence-electron chi connectivity index (χ2n) is 4.14. The summed E-state index contributed by atoms with van der Waals surface area (Å²) in [5.41, 5.74) is 0. The summed E-state index contributed by atoms with van der Waals surface area (Å²) in [5, 5.41) is 8.75. The van der Waals surface area contributed by atoms with Crippen LogP contribution in [0.1, 0.15) is 46.5 Å². The third-order valence-electron chi connectivity index (χ3n) is 2.94. The fourth-order valence-corrected chi connectivity index (χ4v) is 1.73. The van der Waals surface area contributed by atoms with Crippen molar-refractivity contribution in [2.24, 2.45) is 5.92 Å². The molecule has 0 bridgehead atoms. The van der Waals surface area contributed by atoms with Gasteiger partial charge in [0, 0.05) is 6.61 Å². The van der Waals surface area contributed by atoms with E-state index in [4.69, 9.17) is 5.11 Å². The van der Waals surface area contributed by atoms with E-state index in [1.54, 1.807) is 0 Å². The normalized spacial score (nSPS) is 13.5. The highest BCUT2D eigenvalue weighted by molar-refractivity contribution is 4.56. The summed E-state index contributed by atoms with van der Waals surface area (Å²) < 4.78 is 0. The van der Waals surface area contributed by atoms with Crippen molar-refractivity contribution in [3.8, 4) is 0 Å². The van der Waals surface area contributed by atoms with Gasteiger partial charge >= 0.3 is 0 Å². The van der Waals surface area contributed by atoms with Gasteiger partial charge in [0.2, 0.25) is 0 Å². The molecule has 1 unspecified atom stereocenters. The molecule has 0 saturated heterocycles. The van der Waals surface area contributed by atoms with Crippen molar-refractivity contribution < 1.29 is 5.11 Å². The van der Waals surface area contributed by atoms with Gasteiger partial charge in [-0.2, -0.15) is 0 Å². The molecule has 0 aliphatic rings. The molecular formula is C12H27NO. The minimum Gasteiger partial charge on any atom is -0.396 e. The second-order valence-corrected chi connectivity index (χ2v) is 4.14. The molecule has 86 valence electrons. The Labute approximate surface area is 89.3 Å². The minimum absolute atomic E-state index is 0.344. The molecule has 1 N–H and O–H groups in total. The van der Waals surface area contributed by atoms with Crippen LogP contribution < -0.4 is 0 Å². The zero-order valence-corrected chi connectivity index (χ0v) is 10.1. The lowest BCUT2D eigenvalue weighted by Gasteiger charge is -2.18. The van der Waals surface area contributed by atoms with Gasteiger partial charge in [-0.15, -0.1) is 0 Å². The summed E-state index contributed by atoms with van der Waals surface area (Å²) in [7, 11) is 0. The second kappa shape index (κ2) is 9.47. The fourth-order valence-electron chi connectivity index (χ4n) is 1.73. The average molecular weight is 201 g/mol. The van der Waals surface area contributed by atoms with Gasteiger partial charge in [0.15, 0.2) is 0 Å². The number of nitrogens with zero attached hydrogens (tertiary/aromatic N) is 1. The molecule has 1 atom stereocenters. The summed E-state index contributed by atoms with van der Waals surface area (Å²) in [4.78, 5) is 2.47. The van der Waals surface area contributed by atoms with Gasteiger partial charge in [0.25, 0.3) is 0 Å². The predicted molar refractivity (Wildman–Crippen MR) is 62.5 cm³/mol. The van der Waals surface area contributed by atoms with E-state index in [0.717, 1.165) is 6.42 Å². The van der Waals surface area contributed by atoms with Crippen molar-refractivity contribution in [1.29, 1.82) is 0 Å². The van der Waals surface area contributed by atoms with Crippen LogP contribution in [-0.4, -0.2) is 36.2 Å². The Balaban J connectivity index is 3.27. The molecule has 0 rings (SSSR count). The maximum absolute atomic E-state index is 8.75. The highest BCUT2D eigenvalue weighted by Gasteiger charge is 2.02. The molecule has 14 heavy (non-hydrogen) atoms. The monoisotopic (exact) mass is 201 g/mol. The van der Waals surface area contributed by atoms with Gasteiger partial charge in [0.05, 0.1) is 0 Å². The smallest absolute Gasteiger partial charge is 0.0433 e. The summed E-state index contributed by atoms with van der Waals surface area (Å²) in [6.45, 7) is 10.6. The lowest BCUT2D eigenvalue weighted by Crippen LogP contribution is -2.23. The third kappa shape index (κ3) is 7.34. The number of rotatable bonds is 9. The molecule has 0 aliphatic carbocycles. The summed E-state index contributed by atoms with van der Waals surface area (Å²) in [5.74, 6) is 0.691. The van der Waals surface area contributed by atoms with Crippen LogP contribution in [0, 0.1) is 5.92 Å². The van der Waals surface area contributed by atoms with Gasteiger partial charge in [0.1, 0.15) is 0 Å². The Morgan fingerprint density at radius 1 is 1.07 bits per heavy atom. The molecule has 2 nitrogen and oxygen atoms in total. The first-order valence-electron chi connectivity index (χ1n) is 6.07. The van der Waals surface area contributed by atoms with E-state index in [1.165, 1.54) is 38.9 Å². The van der Waals surface area contributed by atoms with Crippen LogP contribution in [0.15, 0.2) is 0 Å². The van der Waals surface area contributed by atoms with Crippen LogP contribution in [0.25, 0.3) is 0 Å². The molecule has 0 radical (unpaired) electrons. The van der Waals surface area contributed by atoms with Crippen molar-refractivity contribution in [2.75, 3.05) is 26.2 Å². The zero-order valence-electron chi connectivity index (χ0n) is 10.1. The number of unbranched alkanes of at least 4 members (excludes halogenated alkanes) is 1. The topological polar surface area (TPSA) is 23.5 Å². The third-order valence-corrected chi connectivity index (χ3v) is 2.94. The molecule has 0 aromatic rings. The molecule has 0 aromatic carbocycles. The first-order chi connectivity index (χ1) is 6.74. The van der Waals surface area contributed by atoms with E-state index >= 15 is 0 Å². The van der Waals surface area contributed by atoms with Gasteiger partial charge in [-0.3, -0.25) is 0 Å². The van der Waals surface area contributed by atoms with Crippen LogP contribution in [0.4, 0.5) is 0 Å². The van der Waals surface area contributed by atoms with Crippen molar-refractivity contribution >= 4 is 0 Å². The van der Waals surface area contributed by atoms with E-state index in [-0.39, 0.29) is 0 Å². The van der Waals surface area contributed by atoms with Crippen molar-refractivity contribution in [2.45, 2.75) is 46.5 Å². The number of hydrogen-bond donors (Lipinski definition) is 1. The van der Waals surface area contributed by atoms with E-state index in [2.05, 4.69) is 25.7 Å². The number of aliphatic hydroxyl groups is 1. The van der Waals surface area contributed by atoms with E-state index < -0.39 is 0 Å². The predicted octanol–water partition coefficient (Wildman–Crippen LogP) is 2.52. The summed E-state index contributed by atoms with van der Waals surface area (Å²) in [6, 6.07) is 0. The standard InChI is InChI=1S/C12H27NO/c1-4-13(5-2)10-7-6-8-12(3)9-11-14/h12,14H,4-11H2,1-3H3. The van der Waals surface area contributed by atoms with E-state index in [1.807, 2.05) is 0 Å². The lowest BCUT2D eigenvalue weighted by molar-refractivity contribution is 0.252. The van der Waals surface area contributed by atoms with Crippen LogP contribution in [0.2, 0.25) is 0 Å². The SMILES string of the molecule is CCN(CC)CCCCC(C)CCO. The Hall–Kier alpha value is -0.0800. The van der Waals surface area contributed by atoms with Crippen LogP contribution in [0.5, 0.6) is 0 Å². The molecule has 2 heteroatoms. The maximum Gasteiger partial charge on any atom is 0.0433 e. The Morgan fingerprint density at radius 2 is 1.71 bits per heavy atom. The first-order valence-corrected chi connectivity index (χ1v) is 6.07. The maximum atomic E-state index is 8.75. The first kappa shape index (κ1) is 13.9. The van der Waals surface area contributed by atoms with Gasteiger partial charge in [-0.1, -0.05) is 33.6 Å². The summed E-state index contributed by atoms with van der Waals surface area (Å²) in [6.07, 6.45) is 4.84. The molecule has 0 saturated carbocycles. The quantitative estimate of drug-likeness (QED) is 0.579. The van der Waals surface area contributed by atoms with Crippen molar-refractivity contribution in [3.63, 3.8) is 0 Å². The molecule has 0 spiro atoms. The highest BCUT2D eigenvalue weighted by Crippen LogP contribution is 2.11. The van der Waals surface area contributed by atoms with E-state index in [9.17, 15) is 0 Å². The fraction of sp³-hybridized carbons (Fsp3) is 1.00. The lowest BCUT2D eigenvalue weighted by atomic mass is 10.0. The highest BCUT2D eigenvalue weighted by atomic mass is 16.3. The molecule has 0 aromatic heterocycles. The van der Waals surface area contributed by atoms with Crippen molar-refractivity contribution in [1.82, 2.24) is 4.90 Å². The van der Waals surface area contributed by atoms with Crippen LogP contribution >= 0.6 is 0 Å². The van der Waals surface area contributed by atoms with Gasteiger partial charge < -0.3 is 10.0 Å². The number of aliphatic hydroxyl groups excluding tert-OH is 1. The molecule has 0 fully saturated rings. The van der Waals surface area contributed by atoms with Crippen LogP contribution in [0.3, 0.4) is 0 Å². The van der Waals surface area contributed by atoms with Gasteiger partial charge in [-0.05, 0) is 38.4 Å². The number of hydrogen-bond acceptors (Lipinski definition) is 2.